The Morgan fingerprint density at radius 3 is 2.62 bits per heavy atom. The van der Waals surface area contributed by atoms with E-state index in [-0.39, 0.29) is 0 Å². The summed E-state index contributed by atoms with van der Waals surface area (Å²) in [6.07, 6.45) is 0. The predicted molar refractivity (Wildman–Crippen MR) is 58.2 cm³/mol. The van der Waals surface area contributed by atoms with Gasteiger partial charge in [0, 0.05) is 13.1 Å². The number of quaternary nitrogens is 1. The second kappa shape index (κ2) is 2.74. The summed E-state index contributed by atoms with van der Waals surface area (Å²) in [4.78, 5) is 2.33. The zero-order chi connectivity index (χ0) is 9.47. The fraction of sp³-hybridized carbons (Fsp3) is 0.455. The van der Waals surface area contributed by atoms with Gasteiger partial charge >= 0.3 is 0 Å². The van der Waals surface area contributed by atoms with Crippen LogP contribution in [0, 0.1) is 0 Å². The maximum atomic E-state index is 2.33. The van der Waals surface area contributed by atoms with Crippen LogP contribution in [-0.4, -0.2) is 34.2 Å². The van der Waals surface area contributed by atoms with Crippen molar-refractivity contribution in [1.29, 1.82) is 0 Å². The third kappa shape index (κ3) is 1.31. The summed E-state index contributed by atoms with van der Waals surface area (Å²) in [6, 6.07) is 8.66. The fourth-order valence-electron chi connectivity index (χ4n) is 1.94. The van der Waals surface area contributed by atoms with E-state index >= 15 is 0 Å². The van der Waals surface area contributed by atoms with E-state index < -0.39 is 0 Å². The first-order chi connectivity index (χ1) is 6.11. The Labute approximate surface area is 80.0 Å². The second-order valence-electron chi connectivity index (χ2n) is 4.32. The quantitative estimate of drug-likeness (QED) is 0.545. The molecule has 1 aliphatic heterocycles. The van der Waals surface area contributed by atoms with E-state index in [0.717, 1.165) is 11.0 Å². The number of hydrogen-bond acceptors (Lipinski definition) is 1. The van der Waals surface area contributed by atoms with Gasteiger partial charge in [0.15, 0.2) is 5.69 Å². The molecule has 70 valence electrons. The van der Waals surface area contributed by atoms with Crippen LogP contribution in [0.5, 0.6) is 0 Å². The van der Waals surface area contributed by atoms with Crippen LogP contribution >= 0.6 is 0 Å². The summed E-state index contributed by atoms with van der Waals surface area (Å²) in [5, 5.41) is 0. The van der Waals surface area contributed by atoms with Gasteiger partial charge in [-0.3, -0.25) is 4.48 Å². The minimum atomic E-state index is 1.00. The summed E-state index contributed by atoms with van der Waals surface area (Å²) in [6.45, 7) is 2.33. The van der Waals surface area contributed by atoms with Crippen molar-refractivity contribution in [1.82, 2.24) is 4.48 Å². The van der Waals surface area contributed by atoms with E-state index in [9.17, 15) is 0 Å². The van der Waals surface area contributed by atoms with Crippen molar-refractivity contribution in [2.24, 2.45) is 0 Å². The molecule has 0 amide bonds. The number of likely N-dealkylation sites (N-methyl/N-ethyl adjacent to an activating group) is 2. The number of anilines is 1. The van der Waals surface area contributed by atoms with Crippen molar-refractivity contribution in [3.63, 3.8) is 0 Å². The van der Waals surface area contributed by atoms with E-state index in [2.05, 4.69) is 50.3 Å². The van der Waals surface area contributed by atoms with Gasteiger partial charge in [-0.05, 0) is 6.07 Å². The molecular weight excluding hydrogens is 160 g/mol. The Morgan fingerprint density at radius 1 is 1.23 bits per heavy atom. The van der Waals surface area contributed by atoms with Gasteiger partial charge in [0.25, 0.3) is 0 Å². The highest BCUT2D eigenvalue weighted by Gasteiger charge is 2.28. The van der Waals surface area contributed by atoms with Gasteiger partial charge in [-0.1, -0.05) is 12.1 Å². The summed E-state index contributed by atoms with van der Waals surface area (Å²) in [5.74, 6) is 0. The Hall–Kier alpha value is -1.02. The van der Waals surface area contributed by atoms with Gasteiger partial charge in [-0.15, -0.1) is 0 Å². The smallest absolute Gasteiger partial charge is 0.156 e. The van der Waals surface area contributed by atoms with Gasteiger partial charge in [0.05, 0.1) is 26.3 Å². The van der Waals surface area contributed by atoms with E-state index in [1.165, 1.54) is 17.9 Å². The molecule has 1 aromatic carbocycles. The number of para-hydroxylation sites is 2. The van der Waals surface area contributed by atoms with Crippen molar-refractivity contribution in [2.45, 2.75) is 0 Å². The van der Waals surface area contributed by atoms with Crippen molar-refractivity contribution in [3.8, 4) is 0 Å². The van der Waals surface area contributed by atoms with Crippen LogP contribution in [0.3, 0.4) is 0 Å². The van der Waals surface area contributed by atoms with Gasteiger partial charge in [0.2, 0.25) is 0 Å². The van der Waals surface area contributed by atoms with Crippen LogP contribution in [0.15, 0.2) is 24.3 Å². The normalized spacial score (nSPS) is 19.8. The minimum absolute atomic E-state index is 1.00. The molecule has 1 aliphatic rings. The lowest BCUT2D eigenvalue weighted by Crippen LogP contribution is -2.50. The highest BCUT2D eigenvalue weighted by molar-refractivity contribution is 5.70. The SMILES string of the molecule is CN1CC[N+](C)(C)c2ccccc21. The van der Waals surface area contributed by atoms with E-state index in [0.29, 0.717) is 0 Å². The predicted octanol–water partition coefficient (Wildman–Crippen LogP) is 1.70. The largest absolute Gasteiger partial charge is 0.364 e. The highest BCUT2D eigenvalue weighted by atomic mass is 15.4. The maximum Gasteiger partial charge on any atom is 0.156 e. The first kappa shape index (κ1) is 8.57. The summed E-state index contributed by atoms with van der Waals surface area (Å²) >= 11 is 0. The average Bonchev–Trinajstić information content (AvgIpc) is 2.13. The molecule has 0 atom stereocenters. The van der Waals surface area contributed by atoms with Crippen LogP contribution in [0.25, 0.3) is 0 Å². The molecule has 1 aromatic rings. The Balaban J connectivity index is 2.55. The Morgan fingerprint density at radius 2 is 1.92 bits per heavy atom. The number of rotatable bonds is 0. The Bertz CT molecular complexity index is 318. The molecule has 2 nitrogen and oxygen atoms in total. The molecule has 2 rings (SSSR count). The molecule has 0 saturated heterocycles. The number of nitrogens with zero attached hydrogens (tertiary/aromatic N) is 2. The first-order valence-corrected chi connectivity index (χ1v) is 4.75. The summed E-state index contributed by atoms with van der Waals surface area (Å²) in [7, 11) is 6.70. The number of fused-ring (bicyclic) bond motifs is 1. The fourth-order valence-corrected chi connectivity index (χ4v) is 1.94. The topological polar surface area (TPSA) is 3.24 Å². The molecule has 0 aliphatic carbocycles. The van der Waals surface area contributed by atoms with Gasteiger partial charge in [-0.25, -0.2) is 0 Å². The lowest BCUT2D eigenvalue weighted by atomic mass is 10.1. The lowest BCUT2D eigenvalue weighted by molar-refractivity contribution is 0.392. The maximum absolute atomic E-state index is 2.33. The number of hydrogen-bond donors (Lipinski definition) is 0. The molecule has 0 saturated carbocycles. The molecule has 0 spiro atoms. The number of benzene rings is 1. The molecule has 0 N–H and O–H groups in total. The van der Waals surface area contributed by atoms with Crippen LogP contribution in [-0.2, 0) is 0 Å². The monoisotopic (exact) mass is 177 g/mol. The van der Waals surface area contributed by atoms with Crippen molar-refractivity contribution in [3.05, 3.63) is 24.3 Å². The molecule has 0 unspecified atom stereocenters. The van der Waals surface area contributed by atoms with Crippen molar-refractivity contribution >= 4 is 11.4 Å². The summed E-state index contributed by atoms with van der Waals surface area (Å²) < 4.78 is 1.00. The van der Waals surface area contributed by atoms with Crippen LogP contribution in [0.4, 0.5) is 11.4 Å². The molecule has 0 aromatic heterocycles. The molecule has 0 fully saturated rings. The van der Waals surface area contributed by atoms with E-state index in [1.54, 1.807) is 0 Å². The standard InChI is InChI=1S/C11H17N2/c1-12-8-9-13(2,3)11-7-5-4-6-10(11)12/h4-7H,8-9H2,1-3H3/q+1. The Kier molecular flexibility index (Phi) is 1.81. The van der Waals surface area contributed by atoms with Gasteiger partial charge in [-0.2, -0.15) is 0 Å². The zero-order valence-electron chi connectivity index (χ0n) is 8.62. The molecule has 13 heavy (non-hydrogen) atoms. The third-order valence-electron chi connectivity index (χ3n) is 2.94. The third-order valence-corrected chi connectivity index (χ3v) is 2.94. The van der Waals surface area contributed by atoms with E-state index in [4.69, 9.17) is 0 Å². The average molecular weight is 177 g/mol. The highest BCUT2D eigenvalue weighted by Crippen LogP contribution is 2.34. The van der Waals surface area contributed by atoms with Crippen molar-refractivity contribution < 1.29 is 0 Å². The minimum Gasteiger partial charge on any atom is -0.364 e. The van der Waals surface area contributed by atoms with Crippen LogP contribution in [0.2, 0.25) is 0 Å². The van der Waals surface area contributed by atoms with Crippen molar-refractivity contribution in [2.75, 3.05) is 39.1 Å². The summed E-state index contributed by atoms with van der Waals surface area (Å²) in [5.41, 5.74) is 2.80. The van der Waals surface area contributed by atoms with Gasteiger partial charge in [0.1, 0.15) is 6.54 Å². The van der Waals surface area contributed by atoms with Crippen LogP contribution in [0.1, 0.15) is 0 Å². The molecule has 0 radical (unpaired) electrons. The second-order valence-corrected chi connectivity index (χ2v) is 4.32. The van der Waals surface area contributed by atoms with E-state index in [1.807, 2.05) is 0 Å². The molecule has 2 heteroatoms. The zero-order valence-corrected chi connectivity index (χ0v) is 8.62. The van der Waals surface area contributed by atoms with Crippen LogP contribution < -0.4 is 9.38 Å². The van der Waals surface area contributed by atoms with Gasteiger partial charge < -0.3 is 4.90 Å². The molecule has 0 bridgehead atoms. The molecular formula is C11H17N2+. The first-order valence-electron chi connectivity index (χ1n) is 4.75. The lowest BCUT2D eigenvalue weighted by Gasteiger charge is -2.39. The molecule has 1 heterocycles.